The summed E-state index contributed by atoms with van der Waals surface area (Å²) in [6.07, 6.45) is 0. The Hall–Kier alpha value is -1.33. The number of halogens is 1. The molecule has 0 aliphatic carbocycles. The molecule has 0 saturated heterocycles. The number of nitro groups is 1. The molecule has 6 heteroatoms. The van der Waals surface area contributed by atoms with Gasteiger partial charge < -0.3 is 9.80 Å². The number of anilines is 1. The molecule has 0 atom stereocenters. The van der Waals surface area contributed by atoms with E-state index in [-0.39, 0.29) is 16.5 Å². The van der Waals surface area contributed by atoms with Gasteiger partial charge in [0.05, 0.1) is 4.92 Å². The van der Waals surface area contributed by atoms with Crippen molar-refractivity contribution in [3.8, 4) is 0 Å². The first-order chi connectivity index (χ1) is 9.85. The average molecular weight is 314 g/mol. The molecule has 118 valence electrons. The number of hydrogen-bond donors (Lipinski definition) is 0. The quantitative estimate of drug-likeness (QED) is 0.419. The van der Waals surface area contributed by atoms with E-state index in [4.69, 9.17) is 11.6 Å². The van der Waals surface area contributed by atoms with Crippen molar-refractivity contribution in [3.05, 3.63) is 33.9 Å². The van der Waals surface area contributed by atoms with Crippen LogP contribution in [0.15, 0.2) is 18.2 Å². The van der Waals surface area contributed by atoms with Gasteiger partial charge in [-0.3, -0.25) is 10.1 Å². The van der Waals surface area contributed by atoms with Crippen LogP contribution in [0.2, 0.25) is 0 Å². The van der Waals surface area contributed by atoms with Gasteiger partial charge in [0.2, 0.25) is 0 Å². The predicted molar refractivity (Wildman–Crippen MR) is 88.3 cm³/mol. The van der Waals surface area contributed by atoms with Crippen molar-refractivity contribution in [2.24, 2.45) is 5.92 Å². The Bertz CT molecular complexity index is 478. The standard InChI is InChI=1S/C15H24ClN3O2/c1-12(2)11-18(8-7-17(3)4)14-6-5-13(10-16)9-15(14)19(20)21/h5-6,9,12H,7-8,10-11H2,1-4H3. The Morgan fingerprint density at radius 2 is 1.95 bits per heavy atom. The van der Waals surface area contributed by atoms with Gasteiger partial charge >= 0.3 is 0 Å². The highest BCUT2D eigenvalue weighted by Crippen LogP contribution is 2.30. The third-order valence-electron chi connectivity index (χ3n) is 3.13. The van der Waals surface area contributed by atoms with Crippen molar-refractivity contribution >= 4 is 23.0 Å². The monoisotopic (exact) mass is 313 g/mol. The summed E-state index contributed by atoms with van der Waals surface area (Å²) in [5.41, 5.74) is 1.57. The molecule has 1 rings (SSSR count). The van der Waals surface area contributed by atoms with Crippen LogP contribution in [-0.4, -0.2) is 43.6 Å². The van der Waals surface area contributed by atoms with Crippen molar-refractivity contribution in [2.45, 2.75) is 19.7 Å². The maximum atomic E-state index is 11.3. The van der Waals surface area contributed by atoms with E-state index in [1.165, 1.54) is 0 Å². The van der Waals surface area contributed by atoms with Gasteiger partial charge in [-0.15, -0.1) is 11.6 Å². The highest BCUT2D eigenvalue weighted by molar-refractivity contribution is 6.17. The van der Waals surface area contributed by atoms with Crippen LogP contribution in [0.5, 0.6) is 0 Å². The third-order valence-corrected chi connectivity index (χ3v) is 3.44. The Labute approximate surface area is 131 Å². The molecule has 0 N–H and O–H groups in total. The van der Waals surface area contributed by atoms with Crippen LogP contribution in [-0.2, 0) is 5.88 Å². The zero-order valence-corrected chi connectivity index (χ0v) is 13.9. The molecule has 1 aromatic rings. The maximum absolute atomic E-state index is 11.3. The van der Waals surface area contributed by atoms with E-state index in [1.54, 1.807) is 6.07 Å². The number of alkyl halides is 1. The number of benzene rings is 1. The molecule has 0 aliphatic rings. The Kier molecular flexibility index (Phi) is 6.92. The highest BCUT2D eigenvalue weighted by atomic mass is 35.5. The van der Waals surface area contributed by atoms with Crippen molar-refractivity contribution in [1.82, 2.24) is 4.90 Å². The molecule has 0 radical (unpaired) electrons. The van der Waals surface area contributed by atoms with Gasteiger partial charge in [-0.1, -0.05) is 19.9 Å². The molecule has 0 heterocycles. The Balaban J connectivity index is 3.12. The van der Waals surface area contributed by atoms with Crippen LogP contribution < -0.4 is 4.90 Å². The van der Waals surface area contributed by atoms with Gasteiger partial charge in [0, 0.05) is 31.6 Å². The molecule has 0 aliphatic heterocycles. The van der Waals surface area contributed by atoms with E-state index in [0.717, 1.165) is 25.2 Å². The molecular weight excluding hydrogens is 290 g/mol. The van der Waals surface area contributed by atoms with E-state index in [9.17, 15) is 10.1 Å². The summed E-state index contributed by atoms with van der Waals surface area (Å²) >= 11 is 5.78. The van der Waals surface area contributed by atoms with Crippen molar-refractivity contribution in [1.29, 1.82) is 0 Å². The normalized spacial score (nSPS) is 11.2. The number of likely N-dealkylation sites (N-methyl/N-ethyl adjacent to an activating group) is 1. The van der Waals surface area contributed by atoms with Gasteiger partial charge in [-0.25, -0.2) is 0 Å². The summed E-state index contributed by atoms with van der Waals surface area (Å²) in [6.45, 7) is 6.62. The zero-order chi connectivity index (χ0) is 16.0. The lowest BCUT2D eigenvalue weighted by Gasteiger charge is -2.28. The first kappa shape index (κ1) is 17.7. The molecule has 5 nitrogen and oxygen atoms in total. The first-order valence-corrected chi connectivity index (χ1v) is 7.61. The van der Waals surface area contributed by atoms with Crippen LogP contribution in [0.4, 0.5) is 11.4 Å². The van der Waals surface area contributed by atoms with Gasteiger partial charge in [0.1, 0.15) is 5.69 Å². The minimum atomic E-state index is -0.325. The van der Waals surface area contributed by atoms with E-state index in [2.05, 4.69) is 23.6 Å². The van der Waals surface area contributed by atoms with Crippen LogP contribution in [0.25, 0.3) is 0 Å². The van der Waals surface area contributed by atoms with Gasteiger partial charge in [0.15, 0.2) is 0 Å². The zero-order valence-electron chi connectivity index (χ0n) is 13.2. The number of nitrogens with zero attached hydrogens (tertiary/aromatic N) is 3. The minimum Gasteiger partial charge on any atom is -0.364 e. The SMILES string of the molecule is CC(C)CN(CCN(C)C)c1ccc(CCl)cc1[N+](=O)[O-]. The third kappa shape index (κ3) is 5.52. The average Bonchev–Trinajstić information content (AvgIpc) is 2.42. The van der Waals surface area contributed by atoms with Crippen molar-refractivity contribution < 1.29 is 4.92 Å². The minimum absolute atomic E-state index is 0.132. The summed E-state index contributed by atoms with van der Waals surface area (Å²) in [5, 5.41) is 11.3. The summed E-state index contributed by atoms with van der Waals surface area (Å²) < 4.78 is 0. The van der Waals surface area contributed by atoms with Gasteiger partial charge in [-0.2, -0.15) is 0 Å². The lowest BCUT2D eigenvalue weighted by Crippen LogP contribution is -2.34. The second kappa shape index (κ2) is 8.20. The lowest BCUT2D eigenvalue weighted by molar-refractivity contribution is -0.384. The molecule has 0 unspecified atom stereocenters. The highest BCUT2D eigenvalue weighted by Gasteiger charge is 2.20. The molecular formula is C15H24ClN3O2. The van der Waals surface area contributed by atoms with Crippen LogP contribution in [0, 0.1) is 16.0 Å². The van der Waals surface area contributed by atoms with Crippen molar-refractivity contribution in [2.75, 3.05) is 38.6 Å². The molecule has 21 heavy (non-hydrogen) atoms. The lowest BCUT2D eigenvalue weighted by atomic mass is 10.1. The second-order valence-electron chi connectivity index (χ2n) is 5.86. The van der Waals surface area contributed by atoms with E-state index in [0.29, 0.717) is 11.6 Å². The largest absolute Gasteiger partial charge is 0.364 e. The molecule has 0 aromatic heterocycles. The topological polar surface area (TPSA) is 49.6 Å². The van der Waals surface area contributed by atoms with Gasteiger partial charge in [-0.05, 0) is 31.6 Å². The van der Waals surface area contributed by atoms with Crippen molar-refractivity contribution in [3.63, 3.8) is 0 Å². The molecule has 0 spiro atoms. The summed E-state index contributed by atoms with van der Waals surface area (Å²) in [4.78, 5) is 15.2. The molecule has 0 saturated carbocycles. The fourth-order valence-corrected chi connectivity index (χ4v) is 2.30. The Morgan fingerprint density at radius 3 is 2.43 bits per heavy atom. The maximum Gasteiger partial charge on any atom is 0.292 e. The Morgan fingerprint density at radius 1 is 1.29 bits per heavy atom. The second-order valence-corrected chi connectivity index (χ2v) is 6.12. The number of hydrogen-bond acceptors (Lipinski definition) is 4. The van der Waals surface area contributed by atoms with Crippen LogP contribution >= 0.6 is 11.6 Å². The molecule has 0 amide bonds. The molecule has 0 bridgehead atoms. The fraction of sp³-hybridized carbons (Fsp3) is 0.600. The number of nitro benzene ring substituents is 1. The number of rotatable bonds is 8. The first-order valence-electron chi connectivity index (χ1n) is 7.08. The molecule has 0 fully saturated rings. The van der Waals surface area contributed by atoms with Gasteiger partial charge in [0.25, 0.3) is 5.69 Å². The van der Waals surface area contributed by atoms with E-state index < -0.39 is 0 Å². The summed E-state index contributed by atoms with van der Waals surface area (Å²) in [7, 11) is 4.00. The van der Waals surface area contributed by atoms with Crippen LogP contribution in [0.1, 0.15) is 19.4 Å². The van der Waals surface area contributed by atoms with E-state index in [1.807, 2.05) is 26.2 Å². The summed E-state index contributed by atoms with van der Waals surface area (Å²) in [6, 6.07) is 5.25. The van der Waals surface area contributed by atoms with E-state index >= 15 is 0 Å². The smallest absolute Gasteiger partial charge is 0.292 e. The predicted octanol–water partition coefficient (Wildman–Crippen LogP) is 3.36. The fourth-order valence-electron chi connectivity index (χ4n) is 2.14. The summed E-state index contributed by atoms with van der Waals surface area (Å²) in [5.74, 6) is 0.711. The van der Waals surface area contributed by atoms with Crippen LogP contribution in [0.3, 0.4) is 0 Å². The molecule has 1 aromatic carbocycles.